The molecule has 0 aliphatic rings. The zero-order valence-corrected chi connectivity index (χ0v) is 13.8. The highest BCUT2D eigenvalue weighted by atomic mass is 16.2. The molecule has 1 aromatic carbocycles. The molecule has 0 spiro atoms. The molecular formula is C16H25N5O. The van der Waals surface area contributed by atoms with E-state index in [1.807, 2.05) is 38.0 Å². The Balaban J connectivity index is 2.70. The average Bonchev–Trinajstić information content (AvgIpc) is 2.46. The van der Waals surface area contributed by atoms with Crippen molar-refractivity contribution in [2.45, 2.75) is 0 Å². The smallest absolute Gasteiger partial charge is 0.321 e. The summed E-state index contributed by atoms with van der Waals surface area (Å²) in [7, 11) is 7.94. The molecule has 6 heteroatoms. The Kier molecular flexibility index (Phi) is 7.37. The predicted molar refractivity (Wildman–Crippen MR) is 88.9 cm³/mol. The standard InChI is InChI=1S/C16H25N5O/c1-19(2)8-10-21(11-9-20(3)4)16(22)18-15-7-5-6-14(12-15)13-17/h5-7,12H,8-11H2,1-4H3,(H,18,22). The summed E-state index contributed by atoms with van der Waals surface area (Å²) in [4.78, 5) is 18.3. The van der Waals surface area contributed by atoms with Crippen LogP contribution in [-0.4, -0.2) is 75.1 Å². The number of carbonyl (C=O) groups is 1. The summed E-state index contributed by atoms with van der Waals surface area (Å²) < 4.78 is 0. The van der Waals surface area contributed by atoms with Crippen LogP contribution in [-0.2, 0) is 0 Å². The molecule has 0 bridgehead atoms. The van der Waals surface area contributed by atoms with E-state index in [1.165, 1.54) is 0 Å². The molecule has 0 aromatic heterocycles. The van der Waals surface area contributed by atoms with Gasteiger partial charge in [-0.2, -0.15) is 5.26 Å². The molecule has 0 aliphatic carbocycles. The van der Waals surface area contributed by atoms with Crippen molar-refractivity contribution in [1.29, 1.82) is 5.26 Å². The van der Waals surface area contributed by atoms with Gasteiger partial charge >= 0.3 is 6.03 Å². The fourth-order valence-electron chi connectivity index (χ4n) is 1.83. The van der Waals surface area contributed by atoms with Crippen molar-refractivity contribution in [2.75, 3.05) is 59.7 Å². The molecule has 0 saturated carbocycles. The quantitative estimate of drug-likeness (QED) is 0.829. The van der Waals surface area contributed by atoms with Crippen LogP contribution in [0.4, 0.5) is 10.5 Å². The molecule has 0 aliphatic heterocycles. The number of nitriles is 1. The van der Waals surface area contributed by atoms with Gasteiger partial charge in [-0.05, 0) is 46.4 Å². The molecule has 0 saturated heterocycles. The summed E-state index contributed by atoms with van der Waals surface area (Å²) >= 11 is 0. The fourth-order valence-corrected chi connectivity index (χ4v) is 1.83. The van der Waals surface area contributed by atoms with E-state index >= 15 is 0 Å². The topological polar surface area (TPSA) is 62.6 Å². The zero-order chi connectivity index (χ0) is 16.5. The molecular weight excluding hydrogens is 278 g/mol. The average molecular weight is 303 g/mol. The van der Waals surface area contributed by atoms with Crippen molar-refractivity contribution in [3.05, 3.63) is 29.8 Å². The first-order valence-electron chi connectivity index (χ1n) is 7.28. The number of nitrogens with zero attached hydrogens (tertiary/aromatic N) is 4. The number of benzene rings is 1. The lowest BCUT2D eigenvalue weighted by Gasteiger charge is -2.26. The highest BCUT2D eigenvalue weighted by molar-refractivity contribution is 5.89. The number of anilines is 1. The monoisotopic (exact) mass is 303 g/mol. The summed E-state index contributed by atoms with van der Waals surface area (Å²) in [6, 6.07) is 8.87. The number of likely N-dealkylation sites (N-methyl/N-ethyl adjacent to an activating group) is 2. The van der Waals surface area contributed by atoms with Gasteiger partial charge in [0.05, 0.1) is 11.6 Å². The lowest BCUT2D eigenvalue weighted by atomic mass is 10.2. The summed E-state index contributed by atoms with van der Waals surface area (Å²) in [6.07, 6.45) is 0. The van der Waals surface area contributed by atoms with Crippen molar-refractivity contribution < 1.29 is 4.79 Å². The number of hydrogen-bond acceptors (Lipinski definition) is 4. The fraction of sp³-hybridized carbons (Fsp3) is 0.500. The van der Waals surface area contributed by atoms with Crippen LogP contribution < -0.4 is 5.32 Å². The Bertz CT molecular complexity index is 510. The minimum Gasteiger partial charge on any atom is -0.322 e. The van der Waals surface area contributed by atoms with E-state index in [9.17, 15) is 4.79 Å². The molecule has 0 atom stereocenters. The molecule has 0 unspecified atom stereocenters. The Morgan fingerprint density at radius 3 is 2.18 bits per heavy atom. The van der Waals surface area contributed by atoms with Gasteiger partial charge in [0.1, 0.15) is 0 Å². The van der Waals surface area contributed by atoms with E-state index in [0.29, 0.717) is 24.3 Å². The van der Waals surface area contributed by atoms with Gasteiger partial charge in [0, 0.05) is 31.9 Å². The second-order valence-corrected chi connectivity index (χ2v) is 5.72. The molecule has 22 heavy (non-hydrogen) atoms. The Labute approximate surface area is 132 Å². The second-order valence-electron chi connectivity index (χ2n) is 5.72. The predicted octanol–water partition coefficient (Wildman–Crippen LogP) is 1.52. The van der Waals surface area contributed by atoms with Crippen LogP contribution in [0.15, 0.2) is 24.3 Å². The largest absolute Gasteiger partial charge is 0.322 e. The lowest BCUT2D eigenvalue weighted by Crippen LogP contribution is -2.42. The van der Waals surface area contributed by atoms with Crippen LogP contribution >= 0.6 is 0 Å². The number of carbonyl (C=O) groups excluding carboxylic acids is 1. The molecule has 1 N–H and O–H groups in total. The van der Waals surface area contributed by atoms with Gasteiger partial charge in [0.25, 0.3) is 0 Å². The maximum absolute atomic E-state index is 12.4. The molecule has 1 aromatic rings. The molecule has 0 heterocycles. The molecule has 0 radical (unpaired) electrons. The van der Waals surface area contributed by atoms with Crippen molar-refractivity contribution in [1.82, 2.24) is 14.7 Å². The molecule has 6 nitrogen and oxygen atoms in total. The van der Waals surface area contributed by atoms with Gasteiger partial charge in [-0.1, -0.05) is 6.07 Å². The third-order valence-corrected chi connectivity index (χ3v) is 3.16. The maximum Gasteiger partial charge on any atom is 0.321 e. The zero-order valence-electron chi connectivity index (χ0n) is 13.8. The van der Waals surface area contributed by atoms with Crippen LogP contribution in [0, 0.1) is 11.3 Å². The van der Waals surface area contributed by atoms with E-state index in [-0.39, 0.29) is 6.03 Å². The van der Waals surface area contributed by atoms with E-state index < -0.39 is 0 Å². The molecule has 2 amide bonds. The summed E-state index contributed by atoms with van der Waals surface area (Å²) in [5.41, 5.74) is 1.18. The Hall–Kier alpha value is -2.10. The Morgan fingerprint density at radius 1 is 1.09 bits per heavy atom. The molecule has 1 rings (SSSR count). The lowest BCUT2D eigenvalue weighted by molar-refractivity contribution is 0.198. The normalized spacial score (nSPS) is 10.6. The van der Waals surface area contributed by atoms with Crippen LogP contribution in [0.25, 0.3) is 0 Å². The van der Waals surface area contributed by atoms with E-state index in [0.717, 1.165) is 13.1 Å². The number of rotatable bonds is 7. The number of hydrogen-bond donors (Lipinski definition) is 1. The highest BCUT2D eigenvalue weighted by Gasteiger charge is 2.14. The van der Waals surface area contributed by atoms with Crippen molar-refractivity contribution in [3.63, 3.8) is 0 Å². The summed E-state index contributed by atoms with van der Waals surface area (Å²) in [6.45, 7) is 2.92. The third kappa shape index (κ3) is 6.57. The summed E-state index contributed by atoms with van der Waals surface area (Å²) in [5.74, 6) is 0. The van der Waals surface area contributed by atoms with E-state index in [4.69, 9.17) is 5.26 Å². The Morgan fingerprint density at radius 2 is 1.68 bits per heavy atom. The van der Waals surface area contributed by atoms with Crippen LogP contribution in [0.5, 0.6) is 0 Å². The van der Waals surface area contributed by atoms with Gasteiger partial charge in [-0.25, -0.2) is 4.79 Å². The summed E-state index contributed by atoms with van der Waals surface area (Å²) in [5, 5.41) is 11.8. The minimum atomic E-state index is -0.140. The molecule has 120 valence electrons. The number of amides is 2. The minimum absolute atomic E-state index is 0.140. The van der Waals surface area contributed by atoms with Crippen molar-refractivity contribution in [2.24, 2.45) is 0 Å². The SMILES string of the molecule is CN(C)CCN(CCN(C)C)C(=O)Nc1cccc(C#N)c1. The van der Waals surface area contributed by atoms with Gasteiger partial charge in [-0.15, -0.1) is 0 Å². The highest BCUT2D eigenvalue weighted by Crippen LogP contribution is 2.10. The van der Waals surface area contributed by atoms with Gasteiger partial charge < -0.3 is 20.0 Å². The van der Waals surface area contributed by atoms with Gasteiger partial charge in [0.2, 0.25) is 0 Å². The maximum atomic E-state index is 12.4. The first kappa shape index (κ1) is 18.0. The van der Waals surface area contributed by atoms with Crippen LogP contribution in [0.3, 0.4) is 0 Å². The third-order valence-electron chi connectivity index (χ3n) is 3.16. The number of urea groups is 1. The van der Waals surface area contributed by atoms with Gasteiger partial charge in [-0.3, -0.25) is 0 Å². The van der Waals surface area contributed by atoms with E-state index in [2.05, 4.69) is 11.4 Å². The van der Waals surface area contributed by atoms with Crippen LogP contribution in [0.1, 0.15) is 5.56 Å². The van der Waals surface area contributed by atoms with Gasteiger partial charge in [0.15, 0.2) is 0 Å². The van der Waals surface area contributed by atoms with Crippen molar-refractivity contribution >= 4 is 11.7 Å². The second kappa shape index (κ2) is 9.03. The van der Waals surface area contributed by atoms with Crippen LogP contribution in [0.2, 0.25) is 0 Å². The first-order valence-corrected chi connectivity index (χ1v) is 7.28. The molecule has 0 fully saturated rings. The number of nitrogens with one attached hydrogen (secondary N) is 1. The van der Waals surface area contributed by atoms with Crippen molar-refractivity contribution in [3.8, 4) is 6.07 Å². The first-order chi connectivity index (χ1) is 10.4. The van der Waals surface area contributed by atoms with E-state index in [1.54, 1.807) is 29.2 Å².